The zero-order valence-electron chi connectivity index (χ0n) is 12.8. The Balaban J connectivity index is 1.66. The second-order valence-corrected chi connectivity index (χ2v) is 7.08. The molecule has 0 aliphatic rings. The van der Waals surface area contributed by atoms with Crippen LogP contribution in [0.1, 0.15) is 0 Å². The van der Waals surface area contributed by atoms with Gasteiger partial charge in [-0.1, -0.05) is 54.6 Å². The van der Waals surface area contributed by atoms with E-state index < -0.39 is 0 Å². The molecule has 0 spiro atoms. The van der Waals surface area contributed by atoms with Crippen LogP contribution >= 0.6 is 23.5 Å². The Morgan fingerprint density at radius 3 is 1.35 bits per heavy atom. The van der Waals surface area contributed by atoms with E-state index in [0.29, 0.717) is 0 Å². The standard InChI is InChI=1S/C20H19NS2/c1-4-10-18(11-5-1)21(16-22-19-12-6-2-7-13-19)17-23-20-14-8-3-9-15-20/h1-15H,16-17H2. The Morgan fingerprint density at radius 1 is 0.522 bits per heavy atom. The van der Waals surface area contributed by atoms with Crippen molar-refractivity contribution < 1.29 is 0 Å². The minimum atomic E-state index is 0.938. The van der Waals surface area contributed by atoms with Crippen molar-refractivity contribution in [3.63, 3.8) is 0 Å². The summed E-state index contributed by atoms with van der Waals surface area (Å²) in [7, 11) is 0. The molecule has 3 heteroatoms. The van der Waals surface area contributed by atoms with Gasteiger partial charge in [0.05, 0.1) is 11.8 Å². The van der Waals surface area contributed by atoms with Gasteiger partial charge in [0.15, 0.2) is 0 Å². The molecule has 0 radical (unpaired) electrons. The molecule has 3 aromatic rings. The van der Waals surface area contributed by atoms with Gasteiger partial charge >= 0.3 is 0 Å². The minimum Gasteiger partial charge on any atom is -0.352 e. The Labute approximate surface area is 146 Å². The quantitative estimate of drug-likeness (QED) is 0.385. The fraction of sp³-hybridized carbons (Fsp3) is 0.100. The van der Waals surface area contributed by atoms with Crippen LogP contribution < -0.4 is 4.90 Å². The third-order valence-corrected chi connectivity index (χ3v) is 5.47. The summed E-state index contributed by atoms with van der Waals surface area (Å²) in [5.74, 6) is 1.88. The summed E-state index contributed by atoms with van der Waals surface area (Å²) in [5, 5.41) is 0. The van der Waals surface area contributed by atoms with Crippen LogP contribution in [0.2, 0.25) is 0 Å². The summed E-state index contributed by atoms with van der Waals surface area (Å²) in [5.41, 5.74) is 1.26. The second kappa shape index (κ2) is 8.70. The molecule has 0 saturated carbocycles. The van der Waals surface area contributed by atoms with Crippen LogP contribution in [0.25, 0.3) is 0 Å². The summed E-state index contributed by atoms with van der Waals surface area (Å²) >= 11 is 3.74. The molecule has 0 unspecified atom stereocenters. The number of nitrogens with zero attached hydrogens (tertiary/aromatic N) is 1. The third kappa shape index (κ3) is 5.08. The first-order valence-corrected chi connectivity index (χ1v) is 9.54. The van der Waals surface area contributed by atoms with Gasteiger partial charge in [0.2, 0.25) is 0 Å². The maximum atomic E-state index is 2.41. The molecule has 0 aromatic heterocycles. The summed E-state index contributed by atoms with van der Waals surface area (Å²) in [6, 6.07) is 31.8. The fourth-order valence-corrected chi connectivity index (χ4v) is 4.07. The van der Waals surface area contributed by atoms with Gasteiger partial charge < -0.3 is 4.90 Å². The molecule has 3 rings (SSSR count). The van der Waals surface area contributed by atoms with Crippen LogP contribution in [-0.2, 0) is 0 Å². The van der Waals surface area contributed by atoms with E-state index in [2.05, 4.69) is 95.9 Å². The van der Waals surface area contributed by atoms with Crippen LogP contribution in [0.15, 0.2) is 101 Å². The maximum Gasteiger partial charge on any atom is 0.0694 e. The number of thioether (sulfide) groups is 2. The highest BCUT2D eigenvalue weighted by Crippen LogP contribution is 2.26. The lowest BCUT2D eigenvalue weighted by Gasteiger charge is -2.24. The first kappa shape index (κ1) is 16.0. The summed E-state index contributed by atoms with van der Waals surface area (Å²) < 4.78 is 0. The molecule has 0 heterocycles. The Bertz CT molecular complexity index is 643. The Hall–Kier alpha value is -1.84. The van der Waals surface area contributed by atoms with Gasteiger partial charge in [-0.2, -0.15) is 0 Å². The average Bonchev–Trinajstić information content (AvgIpc) is 2.64. The molecule has 3 aromatic carbocycles. The van der Waals surface area contributed by atoms with Crippen molar-refractivity contribution >= 4 is 29.2 Å². The summed E-state index contributed by atoms with van der Waals surface area (Å²) in [6.07, 6.45) is 0. The fourth-order valence-electron chi connectivity index (χ4n) is 2.16. The lowest BCUT2D eigenvalue weighted by molar-refractivity contribution is 1.06. The molecule has 0 amide bonds. The highest BCUT2D eigenvalue weighted by atomic mass is 32.2. The van der Waals surface area contributed by atoms with Crippen molar-refractivity contribution in [2.45, 2.75) is 9.79 Å². The monoisotopic (exact) mass is 337 g/mol. The molecule has 0 N–H and O–H groups in total. The van der Waals surface area contributed by atoms with E-state index in [4.69, 9.17) is 0 Å². The van der Waals surface area contributed by atoms with Crippen LogP contribution in [0.4, 0.5) is 5.69 Å². The van der Waals surface area contributed by atoms with E-state index in [1.807, 2.05) is 23.5 Å². The molecule has 0 aliphatic carbocycles. The molecule has 0 fully saturated rings. The van der Waals surface area contributed by atoms with Crippen LogP contribution in [0.5, 0.6) is 0 Å². The van der Waals surface area contributed by atoms with Crippen molar-refractivity contribution in [2.24, 2.45) is 0 Å². The van der Waals surface area contributed by atoms with Crippen LogP contribution in [0.3, 0.4) is 0 Å². The molecule has 0 saturated heterocycles. The molecule has 0 atom stereocenters. The highest BCUT2D eigenvalue weighted by molar-refractivity contribution is 8.00. The lowest BCUT2D eigenvalue weighted by Crippen LogP contribution is -2.21. The van der Waals surface area contributed by atoms with Crippen molar-refractivity contribution in [3.05, 3.63) is 91.0 Å². The van der Waals surface area contributed by atoms with E-state index >= 15 is 0 Å². The van der Waals surface area contributed by atoms with Crippen LogP contribution in [-0.4, -0.2) is 11.8 Å². The minimum absolute atomic E-state index is 0.938. The predicted molar refractivity (Wildman–Crippen MR) is 103 cm³/mol. The Morgan fingerprint density at radius 2 is 0.913 bits per heavy atom. The third-order valence-electron chi connectivity index (χ3n) is 3.38. The topological polar surface area (TPSA) is 3.24 Å². The second-order valence-electron chi connectivity index (χ2n) is 5.05. The lowest BCUT2D eigenvalue weighted by atomic mass is 10.3. The zero-order valence-corrected chi connectivity index (χ0v) is 14.5. The highest BCUT2D eigenvalue weighted by Gasteiger charge is 2.07. The largest absolute Gasteiger partial charge is 0.352 e. The molecule has 116 valence electrons. The van der Waals surface area contributed by atoms with Crippen LogP contribution in [0, 0.1) is 0 Å². The molecular formula is C20H19NS2. The van der Waals surface area contributed by atoms with E-state index in [9.17, 15) is 0 Å². The SMILES string of the molecule is c1ccc(SCN(CSc2ccccc2)c2ccccc2)cc1. The van der Waals surface area contributed by atoms with Crippen molar-refractivity contribution in [3.8, 4) is 0 Å². The smallest absolute Gasteiger partial charge is 0.0694 e. The molecule has 23 heavy (non-hydrogen) atoms. The maximum absolute atomic E-state index is 2.41. The molecular weight excluding hydrogens is 318 g/mol. The van der Waals surface area contributed by atoms with E-state index in [-0.39, 0.29) is 0 Å². The molecule has 0 bridgehead atoms. The number of anilines is 1. The average molecular weight is 338 g/mol. The van der Waals surface area contributed by atoms with Gasteiger partial charge in [0, 0.05) is 15.5 Å². The van der Waals surface area contributed by atoms with Gasteiger partial charge in [0.25, 0.3) is 0 Å². The number of hydrogen-bond donors (Lipinski definition) is 0. The van der Waals surface area contributed by atoms with Gasteiger partial charge in [0.1, 0.15) is 0 Å². The normalized spacial score (nSPS) is 10.4. The Kier molecular flexibility index (Phi) is 6.07. The van der Waals surface area contributed by atoms with Gasteiger partial charge in [-0.25, -0.2) is 0 Å². The summed E-state index contributed by atoms with van der Waals surface area (Å²) in [4.78, 5) is 5.02. The summed E-state index contributed by atoms with van der Waals surface area (Å²) in [6.45, 7) is 0. The van der Waals surface area contributed by atoms with E-state index in [1.54, 1.807) is 0 Å². The zero-order chi connectivity index (χ0) is 15.7. The number of rotatable bonds is 7. The predicted octanol–water partition coefficient (Wildman–Crippen LogP) is 5.99. The number of para-hydroxylation sites is 1. The van der Waals surface area contributed by atoms with Gasteiger partial charge in [-0.05, 0) is 36.4 Å². The first-order chi connectivity index (χ1) is 11.4. The molecule has 0 aliphatic heterocycles. The molecule has 1 nitrogen and oxygen atoms in total. The number of benzene rings is 3. The van der Waals surface area contributed by atoms with Crippen molar-refractivity contribution in [1.29, 1.82) is 0 Å². The van der Waals surface area contributed by atoms with E-state index in [0.717, 1.165) is 11.8 Å². The van der Waals surface area contributed by atoms with Crippen molar-refractivity contribution in [1.82, 2.24) is 0 Å². The van der Waals surface area contributed by atoms with E-state index in [1.165, 1.54) is 15.5 Å². The number of hydrogen-bond acceptors (Lipinski definition) is 3. The van der Waals surface area contributed by atoms with Gasteiger partial charge in [-0.15, -0.1) is 23.5 Å². The van der Waals surface area contributed by atoms with Gasteiger partial charge in [-0.3, -0.25) is 0 Å². The first-order valence-electron chi connectivity index (χ1n) is 7.57. The van der Waals surface area contributed by atoms with Crippen molar-refractivity contribution in [2.75, 3.05) is 16.7 Å².